The molecular formula is C16H16N6. The number of nitrogens with two attached hydrogens (primary N) is 2. The highest BCUT2D eigenvalue weighted by Gasteiger charge is 2.16. The highest BCUT2D eigenvalue weighted by Crippen LogP contribution is 2.35. The van der Waals surface area contributed by atoms with Crippen LogP contribution in [0.3, 0.4) is 0 Å². The molecule has 2 aromatic carbocycles. The molecule has 6 nitrogen and oxygen atoms in total. The molecule has 0 radical (unpaired) electrons. The molecular weight excluding hydrogens is 276 g/mol. The molecule has 0 atom stereocenters. The molecule has 0 aliphatic rings. The molecule has 6 heteroatoms. The van der Waals surface area contributed by atoms with Gasteiger partial charge in [-0.1, -0.05) is 60.7 Å². The average molecular weight is 292 g/mol. The number of hydrogen-bond donors (Lipinski definition) is 4. The monoisotopic (exact) mass is 292 g/mol. The summed E-state index contributed by atoms with van der Waals surface area (Å²) in [6, 6.07) is 19.7. The first-order chi connectivity index (χ1) is 10.8. The summed E-state index contributed by atoms with van der Waals surface area (Å²) in [4.78, 5) is 8.79. The molecule has 6 N–H and O–H groups in total. The third-order valence-electron chi connectivity index (χ3n) is 3.28. The van der Waals surface area contributed by atoms with Crippen LogP contribution in [0.5, 0.6) is 0 Å². The zero-order valence-electron chi connectivity index (χ0n) is 11.8. The Morgan fingerprint density at radius 1 is 0.682 bits per heavy atom. The van der Waals surface area contributed by atoms with E-state index in [1.165, 1.54) is 0 Å². The number of benzene rings is 2. The van der Waals surface area contributed by atoms with Crippen molar-refractivity contribution in [3.63, 3.8) is 0 Å². The van der Waals surface area contributed by atoms with Crippen LogP contribution in [0.15, 0.2) is 60.7 Å². The minimum atomic E-state index is 0.298. The van der Waals surface area contributed by atoms with Crippen molar-refractivity contribution in [3.8, 4) is 22.4 Å². The highest BCUT2D eigenvalue weighted by molar-refractivity contribution is 5.88. The molecule has 22 heavy (non-hydrogen) atoms. The number of hydrazine groups is 2. The van der Waals surface area contributed by atoms with Crippen molar-refractivity contribution in [3.05, 3.63) is 60.7 Å². The van der Waals surface area contributed by atoms with Gasteiger partial charge in [-0.25, -0.2) is 16.7 Å². The zero-order valence-corrected chi connectivity index (χ0v) is 11.8. The third kappa shape index (κ3) is 2.60. The summed E-state index contributed by atoms with van der Waals surface area (Å²) >= 11 is 0. The smallest absolute Gasteiger partial charge is 0.239 e. The predicted molar refractivity (Wildman–Crippen MR) is 88.5 cm³/mol. The van der Waals surface area contributed by atoms with Crippen molar-refractivity contribution < 1.29 is 0 Å². The molecule has 0 saturated heterocycles. The zero-order chi connectivity index (χ0) is 15.4. The summed E-state index contributed by atoms with van der Waals surface area (Å²) in [7, 11) is 0. The van der Waals surface area contributed by atoms with Crippen LogP contribution in [-0.2, 0) is 0 Å². The molecule has 0 aliphatic heterocycles. The van der Waals surface area contributed by atoms with Crippen LogP contribution < -0.4 is 22.5 Å². The molecule has 3 aromatic rings. The van der Waals surface area contributed by atoms with Crippen molar-refractivity contribution in [2.24, 2.45) is 11.7 Å². The van der Waals surface area contributed by atoms with Crippen LogP contribution in [0.1, 0.15) is 0 Å². The number of anilines is 2. The maximum atomic E-state index is 5.65. The van der Waals surface area contributed by atoms with E-state index in [4.69, 9.17) is 11.7 Å². The van der Waals surface area contributed by atoms with Crippen molar-refractivity contribution >= 4 is 11.8 Å². The molecule has 1 heterocycles. The molecule has 0 aliphatic carbocycles. The molecule has 0 bridgehead atoms. The van der Waals surface area contributed by atoms with E-state index >= 15 is 0 Å². The number of nitrogen functional groups attached to an aromatic ring is 2. The molecule has 0 unspecified atom stereocenters. The van der Waals surface area contributed by atoms with Gasteiger partial charge in [0.15, 0.2) is 5.82 Å². The number of nitrogens with one attached hydrogen (secondary N) is 2. The van der Waals surface area contributed by atoms with Gasteiger partial charge in [0.05, 0.1) is 11.3 Å². The van der Waals surface area contributed by atoms with Gasteiger partial charge in [-0.05, 0) is 5.56 Å². The maximum Gasteiger partial charge on any atom is 0.239 e. The number of hydrogen-bond acceptors (Lipinski definition) is 6. The first kappa shape index (κ1) is 14.0. The van der Waals surface area contributed by atoms with E-state index < -0.39 is 0 Å². The van der Waals surface area contributed by atoms with Crippen LogP contribution in [0.4, 0.5) is 11.8 Å². The van der Waals surface area contributed by atoms with E-state index in [2.05, 4.69) is 20.8 Å². The molecule has 110 valence electrons. The average Bonchev–Trinajstić information content (AvgIpc) is 2.62. The maximum absolute atomic E-state index is 5.65. The minimum absolute atomic E-state index is 0.298. The SMILES string of the molecule is NNc1nc(NN)c(-c2ccccc2)c(-c2ccccc2)n1. The van der Waals surface area contributed by atoms with Gasteiger partial charge in [0.25, 0.3) is 0 Å². The second-order valence-electron chi connectivity index (χ2n) is 4.64. The first-order valence-electron chi connectivity index (χ1n) is 6.79. The normalized spacial score (nSPS) is 10.3. The second kappa shape index (κ2) is 6.21. The molecule has 0 spiro atoms. The van der Waals surface area contributed by atoms with E-state index in [9.17, 15) is 0 Å². The second-order valence-corrected chi connectivity index (χ2v) is 4.64. The largest absolute Gasteiger partial charge is 0.308 e. The van der Waals surface area contributed by atoms with Crippen molar-refractivity contribution in [2.45, 2.75) is 0 Å². The summed E-state index contributed by atoms with van der Waals surface area (Å²) in [5.41, 5.74) is 8.61. The fourth-order valence-corrected chi connectivity index (χ4v) is 2.31. The predicted octanol–water partition coefficient (Wildman–Crippen LogP) is 2.38. The van der Waals surface area contributed by atoms with Crippen LogP contribution in [0.25, 0.3) is 22.4 Å². The first-order valence-corrected chi connectivity index (χ1v) is 6.79. The van der Waals surface area contributed by atoms with Gasteiger partial charge in [-0.3, -0.25) is 5.43 Å². The lowest BCUT2D eigenvalue weighted by molar-refractivity contribution is 1.11. The Hall–Kier alpha value is -2.96. The van der Waals surface area contributed by atoms with Crippen molar-refractivity contribution in [2.75, 3.05) is 10.9 Å². The van der Waals surface area contributed by atoms with E-state index in [1.807, 2.05) is 60.7 Å². The molecule has 0 saturated carbocycles. The van der Waals surface area contributed by atoms with Crippen LogP contribution in [-0.4, -0.2) is 9.97 Å². The Balaban J connectivity index is 2.30. The van der Waals surface area contributed by atoms with Crippen molar-refractivity contribution in [1.82, 2.24) is 9.97 Å². The van der Waals surface area contributed by atoms with Crippen LogP contribution in [0.2, 0.25) is 0 Å². The summed E-state index contributed by atoms with van der Waals surface area (Å²) in [6.45, 7) is 0. The summed E-state index contributed by atoms with van der Waals surface area (Å²) in [5.74, 6) is 11.9. The lowest BCUT2D eigenvalue weighted by Gasteiger charge is -2.15. The Kier molecular flexibility index (Phi) is 3.95. The molecule has 0 fully saturated rings. The van der Waals surface area contributed by atoms with Gasteiger partial charge in [-0.2, -0.15) is 4.98 Å². The number of nitrogens with zero attached hydrogens (tertiary/aromatic N) is 2. The van der Waals surface area contributed by atoms with Crippen LogP contribution >= 0.6 is 0 Å². The van der Waals surface area contributed by atoms with Gasteiger partial charge in [-0.15, -0.1) is 0 Å². The Morgan fingerprint density at radius 2 is 1.27 bits per heavy atom. The van der Waals surface area contributed by atoms with Gasteiger partial charge < -0.3 is 5.43 Å². The summed E-state index contributed by atoms with van der Waals surface area (Å²) < 4.78 is 0. The van der Waals surface area contributed by atoms with E-state index in [-0.39, 0.29) is 0 Å². The highest BCUT2D eigenvalue weighted by atomic mass is 15.3. The molecule has 3 rings (SSSR count). The molecule has 1 aromatic heterocycles. The fourth-order valence-electron chi connectivity index (χ4n) is 2.31. The van der Waals surface area contributed by atoms with Gasteiger partial charge >= 0.3 is 0 Å². The van der Waals surface area contributed by atoms with Gasteiger partial charge in [0.1, 0.15) is 0 Å². The van der Waals surface area contributed by atoms with Gasteiger partial charge in [0, 0.05) is 5.56 Å². The van der Waals surface area contributed by atoms with Gasteiger partial charge in [0.2, 0.25) is 5.95 Å². The lowest BCUT2D eigenvalue weighted by atomic mass is 10.00. The van der Waals surface area contributed by atoms with Crippen molar-refractivity contribution in [1.29, 1.82) is 0 Å². The Bertz CT molecular complexity index is 758. The summed E-state index contributed by atoms with van der Waals surface area (Å²) in [6.07, 6.45) is 0. The Labute approximate surface area is 128 Å². The van der Waals surface area contributed by atoms with E-state index in [0.29, 0.717) is 11.8 Å². The fraction of sp³-hybridized carbons (Fsp3) is 0. The summed E-state index contributed by atoms with van der Waals surface area (Å²) in [5, 5.41) is 0. The third-order valence-corrected chi connectivity index (χ3v) is 3.28. The topological polar surface area (TPSA) is 102 Å². The quantitative estimate of drug-likeness (QED) is 0.435. The van der Waals surface area contributed by atoms with Crippen LogP contribution in [0, 0.1) is 0 Å². The van der Waals surface area contributed by atoms with E-state index in [1.54, 1.807) is 0 Å². The van der Waals surface area contributed by atoms with E-state index in [0.717, 1.165) is 22.4 Å². The Morgan fingerprint density at radius 3 is 1.82 bits per heavy atom. The molecule has 0 amide bonds. The minimum Gasteiger partial charge on any atom is -0.308 e. The number of aromatic nitrogens is 2. The lowest BCUT2D eigenvalue weighted by Crippen LogP contribution is -2.16. The standard InChI is InChI=1S/C16H16N6/c17-21-15-13(11-7-3-1-4-8-11)14(19-16(20-15)22-18)12-9-5-2-6-10-12/h1-10H,17-18H2,(H2,19,20,21,22). The number of rotatable bonds is 4.